The van der Waals surface area contributed by atoms with Gasteiger partial charge in [-0.2, -0.15) is 0 Å². The highest BCUT2D eigenvalue weighted by molar-refractivity contribution is 7.89. The van der Waals surface area contributed by atoms with Crippen LogP contribution in [0.3, 0.4) is 0 Å². The van der Waals surface area contributed by atoms with Crippen LogP contribution in [0.2, 0.25) is 0 Å². The summed E-state index contributed by atoms with van der Waals surface area (Å²) in [6.45, 7) is 3.81. The normalized spacial score (nSPS) is 11.7. The summed E-state index contributed by atoms with van der Waals surface area (Å²) < 4.78 is 27.3. The van der Waals surface area contributed by atoms with E-state index in [1.165, 1.54) is 11.3 Å². The van der Waals surface area contributed by atoms with Crippen molar-refractivity contribution in [1.82, 2.24) is 10.0 Å². The van der Waals surface area contributed by atoms with E-state index in [2.05, 4.69) is 10.0 Å². The Balaban J connectivity index is 1.97. The van der Waals surface area contributed by atoms with Gasteiger partial charge in [0.25, 0.3) is 0 Å². The van der Waals surface area contributed by atoms with E-state index in [-0.39, 0.29) is 0 Å². The van der Waals surface area contributed by atoms with E-state index < -0.39 is 10.0 Å². The number of thiophene rings is 1. The molecule has 0 fully saturated rings. The van der Waals surface area contributed by atoms with E-state index in [0.29, 0.717) is 24.4 Å². The van der Waals surface area contributed by atoms with Gasteiger partial charge in [-0.05, 0) is 30.0 Å². The van der Waals surface area contributed by atoms with Gasteiger partial charge in [0.15, 0.2) is 0 Å². The van der Waals surface area contributed by atoms with Crippen LogP contribution >= 0.6 is 11.3 Å². The van der Waals surface area contributed by atoms with Gasteiger partial charge in [0.1, 0.15) is 0 Å². The van der Waals surface area contributed by atoms with E-state index in [1.807, 2.05) is 42.6 Å². The summed E-state index contributed by atoms with van der Waals surface area (Å²) >= 11 is 1.46. The molecule has 21 heavy (non-hydrogen) atoms. The Kier molecular flexibility index (Phi) is 5.93. The highest BCUT2D eigenvalue weighted by atomic mass is 32.2. The van der Waals surface area contributed by atoms with E-state index in [4.69, 9.17) is 0 Å². The summed E-state index contributed by atoms with van der Waals surface area (Å²) in [6, 6.07) is 11.5. The van der Waals surface area contributed by atoms with Crippen LogP contribution in [-0.2, 0) is 23.0 Å². The maximum atomic E-state index is 12.3. The van der Waals surface area contributed by atoms with Gasteiger partial charge < -0.3 is 5.32 Å². The minimum Gasteiger partial charge on any atom is -0.312 e. The van der Waals surface area contributed by atoms with Crippen molar-refractivity contribution < 1.29 is 8.42 Å². The lowest BCUT2D eigenvalue weighted by molar-refractivity contribution is 0.580. The molecule has 114 valence electrons. The minimum atomic E-state index is -3.43. The first-order valence-electron chi connectivity index (χ1n) is 6.94. The van der Waals surface area contributed by atoms with E-state index in [0.717, 1.165) is 17.0 Å². The molecular formula is C15H20N2O2S2. The molecule has 2 aromatic rings. The molecule has 2 N–H and O–H groups in total. The largest absolute Gasteiger partial charge is 0.312 e. The van der Waals surface area contributed by atoms with Crippen LogP contribution in [0.1, 0.15) is 17.4 Å². The SMILES string of the molecule is CCNCc1sccc1S(=O)(=O)NCCc1ccccc1. The molecule has 0 bridgehead atoms. The number of hydrogen-bond acceptors (Lipinski definition) is 4. The zero-order chi connectivity index (χ0) is 15.1. The van der Waals surface area contributed by atoms with Crippen molar-refractivity contribution in [3.8, 4) is 0 Å². The second-order valence-corrected chi connectivity index (χ2v) is 7.36. The lowest BCUT2D eigenvalue weighted by Gasteiger charge is -2.08. The summed E-state index contributed by atoms with van der Waals surface area (Å²) in [6.07, 6.45) is 0.687. The molecule has 0 atom stereocenters. The Labute approximate surface area is 130 Å². The Hall–Kier alpha value is -1.21. The Morgan fingerprint density at radius 2 is 1.90 bits per heavy atom. The van der Waals surface area contributed by atoms with Gasteiger partial charge in [-0.15, -0.1) is 11.3 Å². The van der Waals surface area contributed by atoms with Crippen molar-refractivity contribution >= 4 is 21.4 Å². The van der Waals surface area contributed by atoms with Gasteiger partial charge in [0, 0.05) is 18.0 Å². The van der Waals surface area contributed by atoms with Crippen LogP contribution in [0.15, 0.2) is 46.7 Å². The lowest BCUT2D eigenvalue weighted by atomic mass is 10.2. The molecule has 1 aromatic carbocycles. The quantitative estimate of drug-likeness (QED) is 0.784. The molecule has 0 radical (unpaired) electrons. The Bertz CT molecular complexity index is 651. The first-order valence-corrected chi connectivity index (χ1v) is 9.30. The molecule has 4 nitrogen and oxygen atoms in total. The van der Waals surface area contributed by atoms with Gasteiger partial charge in [-0.25, -0.2) is 13.1 Å². The molecule has 0 amide bonds. The maximum absolute atomic E-state index is 12.3. The molecule has 0 aliphatic rings. The molecule has 0 spiro atoms. The summed E-state index contributed by atoms with van der Waals surface area (Å²) in [5.41, 5.74) is 1.12. The predicted octanol–water partition coefficient (Wildman–Crippen LogP) is 2.38. The van der Waals surface area contributed by atoms with Crippen LogP contribution in [0.5, 0.6) is 0 Å². The van der Waals surface area contributed by atoms with Crippen LogP contribution in [0.4, 0.5) is 0 Å². The van der Waals surface area contributed by atoms with Gasteiger partial charge in [0.05, 0.1) is 4.90 Å². The number of hydrogen-bond donors (Lipinski definition) is 2. The monoisotopic (exact) mass is 324 g/mol. The van der Waals surface area contributed by atoms with E-state index >= 15 is 0 Å². The molecule has 0 saturated carbocycles. The van der Waals surface area contributed by atoms with Crippen molar-refractivity contribution in [1.29, 1.82) is 0 Å². The maximum Gasteiger partial charge on any atom is 0.241 e. The average molecular weight is 324 g/mol. The number of rotatable bonds is 8. The molecule has 0 aliphatic carbocycles. The van der Waals surface area contributed by atoms with Gasteiger partial charge in [-0.3, -0.25) is 0 Å². The highest BCUT2D eigenvalue weighted by Crippen LogP contribution is 2.21. The molecule has 0 saturated heterocycles. The van der Waals surface area contributed by atoms with E-state index in [1.54, 1.807) is 6.07 Å². The third-order valence-corrected chi connectivity index (χ3v) is 5.67. The molecular weight excluding hydrogens is 304 g/mol. The number of sulfonamides is 1. The number of nitrogens with one attached hydrogen (secondary N) is 2. The molecule has 1 heterocycles. The molecule has 2 rings (SSSR count). The summed E-state index contributed by atoms with van der Waals surface area (Å²) in [7, 11) is -3.43. The van der Waals surface area contributed by atoms with Crippen LogP contribution in [0, 0.1) is 0 Å². The zero-order valence-electron chi connectivity index (χ0n) is 12.0. The zero-order valence-corrected chi connectivity index (χ0v) is 13.6. The van der Waals surface area contributed by atoms with Crippen LogP contribution in [-0.4, -0.2) is 21.5 Å². The highest BCUT2D eigenvalue weighted by Gasteiger charge is 2.18. The smallest absolute Gasteiger partial charge is 0.241 e. The summed E-state index contributed by atoms with van der Waals surface area (Å²) in [5.74, 6) is 0. The first kappa shape index (κ1) is 16.2. The van der Waals surface area contributed by atoms with Crippen molar-refractivity contribution in [2.24, 2.45) is 0 Å². The van der Waals surface area contributed by atoms with E-state index in [9.17, 15) is 8.42 Å². The molecule has 1 aromatic heterocycles. The van der Waals surface area contributed by atoms with Crippen LogP contribution in [0.25, 0.3) is 0 Å². The predicted molar refractivity (Wildman–Crippen MR) is 87.0 cm³/mol. The number of benzene rings is 1. The first-order chi connectivity index (χ1) is 10.1. The van der Waals surface area contributed by atoms with Crippen molar-refractivity contribution in [3.63, 3.8) is 0 Å². The fourth-order valence-electron chi connectivity index (χ4n) is 1.99. The average Bonchev–Trinajstić information content (AvgIpc) is 2.95. The van der Waals surface area contributed by atoms with Gasteiger partial charge in [0.2, 0.25) is 10.0 Å². The van der Waals surface area contributed by atoms with Crippen LogP contribution < -0.4 is 10.0 Å². The van der Waals surface area contributed by atoms with Crippen molar-refractivity contribution in [3.05, 3.63) is 52.2 Å². The third-order valence-electron chi connectivity index (χ3n) is 3.08. The molecule has 0 aliphatic heterocycles. The topological polar surface area (TPSA) is 58.2 Å². The minimum absolute atomic E-state index is 0.390. The Morgan fingerprint density at radius 1 is 1.14 bits per heavy atom. The summed E-state index contributed by atoms with van der Waals surface area (Å²) in [4.78, 5) is 1.24. The Morgan fingerprint density at radius 3 is 2.62 bits per heavy atom. The van der Waals surface area contributed by atoms with Crippen molar-refractivity contribution in [2.45, 2.75) is 24.8 Å². The second kappa shape index (κ2) is 7.70. The fourth-order valence-corrected chi connectivity index (χ4v) is 4.43. The fraction of sp³-hybridized carbons (Fsp3) is 0.333. The lowest BCUT2D eigenvalue weighted by Crippen LogP contribution is -2.27. The molecule has 0 unspecified atom stereocenters. The second-order valence-electron chi connectivity index (χ2n) is 4.62. The third kappa shape index (κ3) is 4.64. The standard InChI is InChI=1S/C15H20N2O2S2/c1-2-16-12-14-15(9-11-20-14)21(18,19)17-10-8-13-6-4-3-5-7-13/h3-7,9,11,16-17H,2,8,10,12H2,1H3. The molecule has 6 heteroatoms. The summed E-state index contributed by atoms with van der Waals surface area (Å²) in [5, 5.41) is 4.98. The van der Waals surface area contributed by atoms with Crippen molar-refractivity contribution in [2.75, 3.05) is 13.1 Å². The van der Waals surface area contributed by atoms with Gasteiger partial charge >= 0.3 is 0 Å². The van der Waals surface area contributed by atoms with Gasteiger partial charge in [-0.1, -0.05) is 37.3 Å².